The van der Waals surface area contributed by atoms with Crippen LogP contribution in [0.5, 0.6) is 0 Å². The van der Waals surface area contributed by atoms with E-state index in [2.05, 4.69) is 16.2 Å². The third-order valence-corrected chi connectivity index (χ3v) is 2.11. The Labute approximate surface area is 87.8 Å². The Bertz CT molecular complexity index is 493. The highest BCUT2D eigenvalue weighted by Crippen LogP contribution is 2.20. The molecule has 2 aromatic rings. The van der Waals surface area contributed by atoms with E-state index < -0.39 is 0 Å². The van der Waals surface area contributed by atoms with Crippen LogP contribution in [0.3, 0.4) is 0 Å². The quantitative estimate of drug-likeness (QED) is 0.735. The van der Waals surface area contributed by atoms with Gasteiger partial charge in [0.2, 0.25) is 0 Å². The summed E-state index contributed by atoms with van der Waals surface area (Å²) in [7, 11) is 1.85. The number of hydrogen-bond acceptors (Lipinski definition) is 3. The van der Waals surface area contributed by atoms with E-state index in [0.29, 0.717) is 6.42 Å². The number of nitrogens with zero attached hydrogens (tertiary/aromatic N) is 4. The molecule has 74 valence electrons. The van der Waals surface area contributed by atoms with Crippen LogP contribution >= 0.6 is 0 Å². The Morgan fingerprint density at radius 3 is 3.07 bits per heavy atom. The van der Waals surface area contributed by atoms with Gasteiger partial charge in [-0.15, -0.1) is 0 Å². The Morgan fingerprint density at radius 1 is 1.53 bits per heavy atom. The van der Waals surface area contributed by atoms with E-state index >= 15 is 0 Å². The molecule has 4 heteroatoms. The summed E-state index contributed by atoms with van der Waals surface area (Å²) in [6, 6.07) is 5.94. The van der Waals surface area contributed by atoms with Crippen LogP contribution in [0.25, 0.3) is 11.3 Å². The summed E-state index contributed by atoms with van der Waals surface area (Å²) < 4.78 is 1.72. The maximum atomic E-state index is 8.70. The number of aryl methyl sites for hydroxylation is 1. The molecule has 0 aliphatic rings. The SMILES string of the molecule is Cn1cc(CC#N)c(-c2cccnc2)n1. The zero-order valence-electron chi connectivity index (χ0n) is 8.38. The molecule has 0 unspecified atom stereocenters. The van der Waals surface area contributed by atoms with E-state index in [0.717, 1.165) is 16.8 Å². The summed E-state index contributed by atoms with van der Waals surface area (Å²) >= 11 is 0. The van der Waals surface area contributed by atoms with E-state index in [1.165, 1.54) is 0 Å². The first kappa shape index (κ1) is 9.41. The van der Waals surface area contributed by atoms with Crippen molar-refractivity contribution in [2.24, 2.45) is 7.05 Å². The van der Waals surface area contributed by atoms with Gasteiger partial charge in [-0.25, -0.2) is 0 Å². The molecular weight excluding hydrogens is 188 g/mol. The Morgan fingerprint density at radius 2 is 2.40 bits per heavy atom. The van der Waals surface area contributed by atoms with Crippen molar-refractivity contribution < 1.29 is 0 Å². The first-order valence-corrected chi connectivity index (χ1v) is 4.61. The third kappa shape index (κ3) is 1.86. The normalized spacial score (nSPS) is 9.87. The van der Waals surface area contributed by atoms with Crippen LogP contribution in [0.1, 0.15) is 5.56 Å². The second-order valence-corrected chi connectivity index (χ2v) is 3.25. The fourth-order valence-corrected chi connectivity index (χ4v) is 1.50. The molecule has 0 N–H and O–H groups in total. The molecule has 0 bridgehead atoms. The average molecular weight is 198 g/mol. The topological polar surface area (TPSA) is 54.5 Å². The zero-order valence-corrected chi connectivity index (χ0v) is 8.38. The molecule has 15 heavy (non-hydrogen) atoms. The van der Waals surface area contributed by atoms with Gasteiger partial charge >= 0.3 is 0 Å². The van der Waals surface area contributed by atoms with E-state index in [4.69, 9.17) is 5.26 Å². The summed E-state index contributed by atoms with van der Waals surface area (Å²) in [5, 5.41) is 13.0. The molecule has 0 aliphatic carbocycles. The monoisotopic (exact) mass is 198 g/mol. The first-order chi connectivity index (χ1) is 7.31. The Hall–Kier alpha value is -2.15. The minimum atomic E-state index is 0.373. The van der Waals surface area contributed by atoms with E-state index in [1.807, 2.05) is 25.4 Å². The molecule has 0 radical (unpaired) electrons. The van der Waals surface area contributed by atoms with Crippen LogP contribution in [0.4, 0.5) is 0 Å². The zero-order chi connectivity index (χ0) is 10.7. The number of hydrogen-bond donors (Lipinski definition) is 0. The summed E-state index contributed by atoms with van der Waals surface area (Å²) in [6.07, 6.45) is 5.71. The van der Waals surface area contributed by atoms with E-state index in [1.54, 1.807) is 17.1 Å². The highest BCUT2D eigenvalue weighted by atomic mass is 15.2. The summed E-state index contributed by atoms with van der Waals surface area (Å²) in [6.45, 7) is 0. The van der Waals surface area contributed by atoms with Gasteiger partial charge in [0.05, 0.1) is 18.2 Å². The van der Waals surface area contributed by atoms with Gasteiger partial charge in [-0.3, -0.25) is 9.67 Å². The van der Waals surface area contributed by atoms with Gasteiger partial charge in [0, 0.05) is 36.8 Å². The second kappa shape index (κ2) is 3.93. The highest BCUT2D eigenvalue weighted by Gasteiger charge is 2.09. The third-order valence-electron chi connectivity index (χ3n) is 2.11. The van der Waals surface area contributed by atoms with Gasteiger partial charge in [-0.1, -0.05) is 0 Å². The lowest BCUT2D eigenvalue weighted by molar-refractivity contribution is 0.770. The highest BCUT2D eigenvalue weighted by molar-refractivity contribution is 5.61. The van der Waals surface area contributed by atoms with Crippen molar-refractivity contribution in [3.63, 3.8) is 0 Å². The lowest BCUT2D eigenvalue weighted by atomic mass is 10.1. The fourth-order valence-electron chi connectivity index (χ4n) is 1.50. The van der Waals surface area contributed by atoms with Gasteiger partial charge in [0.1, 0.15) is 0 Å². The Balaban J connectivity index is 2.49. The van der Waals surface area contributed by atoms with Crippen molar-refractivity contribution in [1.82, 2.24) is 14.8 Å². The largest absolute Gasteiger partial charge is 0.275 e. The fraction of sp³-hybridized carbons (Fsp3) is 0.182. The van der Waals surface area contributed by atoms with E-state index in [-0.39, 0.29) is 0 Å². The molecule has 0 atom stereocenters. The Kier molecular flexibility index (Phi) is 2.46. The first-order valence-electron chi connectivity index (χ1n) is 4.61. The maximum Gasteiger partial charge on any atom is 0.0980 e. The summed E-state index contributed by atoms with van der Waals surface area (Å²) in [4.78, 5) is 4.04. The van der Waals surface area contributed by atoms with Crippen molar-refractivity contribution in [3.8, 4) is 17.3 Å². The molecular formula is C11H10N4. The van der Waals surface area contributed by atoms with Crippen LogP contribution in [-0.4, -0.2) is 14.8 Å². The van der Waals surface area contributed by atoms with Gasteiger partial charge in [-0.05, 0) is 12.1 Å². The average Bonchev–Trinajstić information content (AvgIpc) is 2.62. The maximum absolute atomic E-state index is 8.70. The van der Waals surface area contributed by atoms with Crippen molar-refractivity contribution >= 4 is 0 Å². The molecule has 0 aromatic carbocycles. The van der Waals surface area contributed by atoms with E-state index in [9.17, 15) is 0 Å². The molecule has 4 nitrogen and oxygen atoms in total. The van der Waals surface area contributed by atoms with Gasteiger partial charge < -0.3 is 0 Å². The van der Waals surface area contributed by atoms with Crippen molar-refractivity contribution in [3.05, 3.63) is 36.3 Å². The molecule has 0 spiro atoms. The standard InChI is InChI=1S/C11H10N4/c1-15-8-10(4-5-12)11(14-15)9-3-2-6-13-7-9/h2-3,6-8H,4H2,1H3. The predicted octanol–water partition coefficient (Wildman–Crippen LogP) is 1.55. The second-order valence-electron chi connectivity index (χ2n) is 3.25. The molecule has 2 aromatic heterocycles. The van der Waals surface area contributed by atoms with Crippen LogP contribution in [0.2, 0.25) is 0 Å². The molecule has 2 heterocycles. The number of rotatable bonds is 2. The molecule has 0 saturated carbocycles. The lowest BCUT2D eigenvalue weighted by Gasteiger charge is -1.96. The molecule has 2 rings (SSSR count). The molecule has 0 fully saturated rings. The summed E-state index contributed by atoms with van der Waals surface area (Å²) in [5.41, 5.74) is 2.73. The molecule has 0 saturated heterocycles. The van der Waals surface area contributed by atoms with Crippen LogP contribution in [0, 0.1) is 11.3 Å². The smallest absolute Gasteiger partial charge is 0.0980 e. The van der Waals surface area contributed by atoms with Gasteiger partial charge in [-0.2, -0.15) is 10.4 Å². The molecule has 0 aliphatic heterocycles. The van der Waals surface area contributed by atoms with Crippen LogP contribution < -0.4 is 0 Å². The van der Waals surface area contributed by atoms with Gasteiger partial charge in [0.15, 0.2) is 0 Å². The number of nitriles is 1. The minimum Gasteiger partial charge on any atom is -0.275 e. The van der Waals surface area contributed by atoms with Crippen molar-refractivity contribution in [1.29, 1.82) is 5.26 Å². The van der Waals surface area contributed by atoms with Gasteiger partial charge in [0.25, 0.3) is 0 Å². The lowest BCUT2D eigenvalue weighted by Crippen LogP contribution is -1.88. The van der Waals surface area contributed by atoms with Crippen LogP contribution in [-0.2, 0) is 13.5 Å². The molecule has 0 amide bonds. The van der Waals surface area contributed by atoms with Crippen LogP contribution in [0.15, 0.2) is 30.7 Å². The predicted molar refractivity (Wildman–Crippen MR) is 55.8 cm³/mol. The number of pyridine rings is 1. The van der Waals surface area contributed by atoms with Crippen molar-refractivity contribution in [2.45, 2.75) is 6.42 Å². The summed E-state index contributed by atoms with van der Waals surface area (Å²) in [5.74, 6) is 0. The number of aromatic nitrogens is 3. The van der Waals surface area contributed by atoms with Crippen molar-refractivity contribution in [2.75, 3.05) is 0 Å². The minimum absolute atomic E-state index is 0.373.